The highest BCUT2D eigenvalue weighted by Crippen LogP contribution is 2.32. The highest BCUT2D eigenvalue weighted by atomic mass is 35.5. The first-order chi connectivity index (χ1) is 9.00. The summed E-state index contributed by atoms with van der Waals surface area (Å²) < 4.78 is 0. The summed E-state index contributed by atoms with van der Waals surface area (Å²) in [6.07, 6.45) is 2.34. The van der Waals surface area contributed by atoms with Gasteiger partial charge in [0.1, 0.15) is 0 Å². The lowest BCUT2D eigenvalue weighted by atomic mass is 9.97. The second kappa shape index (κ2) is 5.88. The Balaban J connectivity index is 2.09. The van der Waals surface area contributed by atoms with Crippen LogP contribution < -0.4 is 5.32 Å². The summed E-state index contributed by atoms with van der Waals surface area (Å²) in [5.74, 6) is 1.31. The lowest BCUT2D eigenvalue weighted by Gasteiger charge is -2.20. The zero-order valence-electron chi connectivity index (χ0n) is 11.2. The molecular formula is C14H19ClN2O2. The summed E-state index contributed by atoms with van der Waals surface area (Å²) in [5, 5.41) is 14.9. The predicted molar refractivity (Wildman–Crippen MR) is 76.3 cm³/mol. The van der Waals surface area contributed by atoms with E-state index in [4.69, 9.17) is 11.6 Å². The fourth-order valence-electron chi connectivity index (χ4n) is 2.78. The van der Waals surface area contributed by atoms with Crippen molar-refractivity contribution in [3.05, 3.63) is 38.9 Å². The molecule has 0 aromatic heterocycles. The molecule has 0 bridgehead atoms. The van der Waals surface area contributed by atoms with E-state index in [1.807, 2.05) is 0 Å². The SMILES string of the molecule is CC1CCC(NCc2c(Cl)cccc2[N+](=O)[O-])C1C. The van der Waals surface area contributed by atoms with E-state index >= 15 is 0 Å². The van der Waals surface area contributed by atoms with Crippen LogP contribution in [0.4, 0.5) is 5.69 Å². The van der Waals surface area contributed by atoms with Gasteiger partial charge in [-0.05, 0) is 30.7 Å². The van der Waals surface area contributed by atoms with Gasteiger partial charge in [0.05, 0.1) is 15.5 Å². The molecule has 0 amide bonds. The average molecular weight is 283 g/mol. The van der Waals surface area contributed by atoms with E-state index < -0.39 is 0 Å². The molecule has 0 aliphatic heterocycles. The summed E-state index contributed by atoms with van der Waals surface area (Å²) >= 11 is 6.08. The number of rotatable bonds is 4. The molecule has 0 saturated heterocycles. The van der Waals surface area contributed by atoms with E-state index in [2.05, 4.69) is 19.2 Å². The number of nitrogens with one attached hydrogen (secondary N) is 1. The van der Waals surface area contributed by atoms with Crippen LogP contribution in [-0.2, 0) is 6.54 Å². The number of hydrogen-bond acceptors (Lipinski definition) is 3. The molecule has 1 aliphatic carbocycles. The van der Waals surface area contributed by atoms with E-state index in [-0.39, 0.29) is 10.6 Å². The van der Waals surface area contributed by atoms with E-state index in [0.29, 0.717) is 35.0 Å². The third-order valence-corrected chi connectivity index (χ3v) is 4.65. The summed E-state index contributed by atoms with van der Waals surface area (Å²) in [4.78, 5) is 10.6. The fraction of sp³-hybridized carbons (Fsp3) is 0.571. The van der Waals surface area contributed by atoms with Crippen molar-refractivity contribution in [1.82, 2.24) is 5.32 Å². The Morgan fingerprint density at radius 3 is 2.74 bits per heavy atom. The van der Waals surface area contributed by atoms with Crippen LogP contribution in [0.1, 0.15) is 32.3 Å². The molecule has 3 atom stereocenters. The van der Waals surface area contributed by atoms with Crippen LogP contribution in [-0.4, -0.2) is 11.0 Å². The average Bonchev–Trinajstić information content (AvgIpc) is 2.68. The molecule has 19 heavy (non-hydrogen) atoms. The van der Waals surface area contributed by atoms with Gasteiger partial charge >= 0.3 is 0 Å². The Hall–Kier alpha value is -1.13. The second-order valence-corrected chi connectivity index (χ2v) is 5.80. The lowest BCUT2D eigenvalue weighted by molar-refractivity contribution is -0.385. The number of nitro groups is 1. The second-order valence-electron chi connectivity index (χ2n) is 5.40. The molecule has 104 valence electrons. The van der Waals surface area contributed by atoms with Crippen molar-refractivity contribution in [2.45, 2.75) is 39.3 Å². The van der Waals surface area contributed by atoms with Crippen LogP contribution in [0, 0.1) is 22.0 Å². The third kappa shape index (κ3) is 3.07. The number of nitrogens with zero attached hydrogens (tertiary/aromatic N) is 1. The Kier molecular flexibility index (Phi) is 4.42. The standard InChI is InChI=1S/C14H19ClN2O2/c1-9-6-7-13(10(9)2)16-8-11-12(15)4-3-5-14(11)17(18)19/h3-5,9-10,13,16H,6-8H2,1-2H3. The summed E-state index contributed by atoms with van der Waals surface area (Å²) in [6, 6.07) is 5.24. The normalized spacial score (nSPS) is 26.6. The van der Waals surface area contributed by atoms with Crippen molar-refractivity contribution >= 4 is 17.3 Å². The van der Waals surface area contributed by atoms with Gasteiger partial charge < -0.3 is 5.32 Å². The highest BCUT2D eigenvalue weighted by molar-refractivity contribution is 6.31. The zero-order chi connectivity index (χ0) is 14.0. The van der Waals surface area contributed by atoms with Crippen molar-refractivity contribution in [2.75, 3.05) is 0 Å². The molecule has 0 radical (unpaired) electrons. The van der Waals surface area contributed by atoms with Gasteiger partial charge in [-0.15, -0.1) is 0 Å². The van der Waals surface area contributed by atoms with Gasteiger partial charge in [-0.25, -0.2) is 0 Å². The Bertz CT molecular complexity index is 479. The maximum Gasteiger partial charge on any atom is 0.275 e. The van der Waals surface area contributed by atoms with Crippen LogP contribution >= 0.6 is 11.6 Å². The molecule has 5 heteroatoms. The molecule has 1 aliphatic rings. The molecule has 2 rings (SSSR count). The minimum Gasteiger partial charge on any atom is -0.309 e. The van der Waals surface area contributed by atoms with Crippen LogP contribution in [0.15, 0.2) is 18.2 Å². The van der Waals surface area contributed by atoms with Gasteiger partial charge in [-0.1, -0.05) is 31.5 Å². The molecule has 1 saturated carbocycles. The van der Waals surface area contributed by atoms with Crippen molar-refractivity contribution in [2.24, 2.45) is 11.8 Å². The molecule has 1 aromatic carbocycles. The van der Waals surface area contributed by atoms with Crippen LogP contribution in [0.2, 0.25) is 5.02 Å². The first kappa shape index (κ1) is 14.3. The molecule has 1 N–H and O–H groups in total. The highest BCUT2D eigenvalue weighted by Gasteiger charge is 2.29. The first-order valence-corrected chi connectivity index (χ1v) is 7.03. The van der Waals surface area contributed by atoms with Crippen molar-refractivity contribution < 1.29 is 4.92 Å². The predicted octanol–water partition coefficient (Wildman–Crippen LogP) is 3.77. The van der Waals surface area contributed by atoms with Crippen molar-refractivity contribution in [1.29, 1.82) is 0 Å². The minimum absolute atomic E-state index is 0.0960. The van der Waals surface area contributed by atoms with Gasteiger partial charge in [0.15, 0.2) is 0 Å². The quantitative estimate of drug-likeness (QED) is 0.675. The molecule has 4 nitrogen and oxygen atoms in total. The van der Waals surface area contributed by atoms with Crippen molar-refractivity contribution in [3.63, 3.8) is 0 Å². The minimum atomic E-state index is -0.371. The van der Waals surface area contributed by atoms with Gasteiger partial charge in [0, 0.05) is 18.7 Å². The van der Waals surface area contributed by atoms with Gasteiger partial charge in [0.2, 0.25) is 0 Å². The molecule has 0 spiro atoms. The maximum absolute atomic E-state index is 11.0. The van der Waals surface area contributed by atoms with E-state index in [1.165, 1.54) is 12.5 Å². The van der Waals surface area contributed by atoms with Gasteiger partial charge in [-0.2, -0.15) is 0 Å². The van der Waals surface area contributed by atoms with Crippen molar-refractivity contribution in [3.8, 4) is 0 Å². The topological polar surface area (TPSA) is 55.2 Å². The largest absolute Gasteiger partial charge is 0.309 e. The monoisotopic (exact) mass is 282 g/mol. The lowest BCUT2D eigenvalue weighted by Crippen LogP contribution is -2.32. The van der Waals surface area contributed by atoms with Gasteiger partial charge in [-0.3, -0.25) is 10.1 Å². The van der Waals surface area contributed by atoms with Crippen LogP contribution in [0.5, 0.6) is 0 Å². The molecular weight excluding hydrogens is 264 g/mol. The summed E-state index contributed by atoms with van der Waals surface area (Å²) in [5.41, 5.74) is 0.680. The Labute approximate surface area is 118 Å². The van der Waals surface area contributed by atoms with E-state index in [1.54, 1.807) is 12.1 Å². The number of benzene rings is 1. The molecule has 3 unspecified atom stereocenters. The smallest absolute Gasteiger partial charge is 0.275 e. The maximum atomic E-state index is 11.0. The van der Waals surface area contributed by atoms with Gasteiger partial charge in [0.25, 0.3) is 5.69 Å². The number of halogens is 1. The third-order valence-electron chi connectivity index (χ3n) is 4.30. The van der Waals surface area contributed by atoms with Crippen LogP contribution in [0.3, 0.4) is 0 Å². The molecule has 1 fully saturated rings. The fourth-order valence-corrected chi connectivity index (χ4v) is 3.02. The summed E-state index contributed by atoms with van der Waals surface area (Å²) in [6.45, 7) is 4.94. The summed E-state index contributed by atoms with van der Waals surface area (Å²) in [7, 11) is 0. The van der Waals surface area contributed by atoms with Crippen LogP contribution in [0.25, 0.3) is 0 Å². The zero-order valence-corrected chi connectivity index (χ0v) is 12.0. The van der Waals surface area contributed by atoms with E-state index in [0.717, 1.165) is 6.42 Å². The molecule has 0 heterocycles. The van der Waals surface area contributed by atoms with E-state index in [9.17, 15) is 10.1 Å². The number of hydrogen-bond donors (Lipinski definition) is 1. The Morgan fingerprint density at radius 1 is 1.42 bits per heavy atom. The first-order valence-electron chi connectivity index (χ1n) is 6.66. The number of nitro benzene ring substituents is 1. The molecule has 1 aromatic rings. The Morgan fingerprint density at radius 2 is 2.16 bits per heavy atom.